The minimum Gasteiger partial charge on any atom is -0.456 e. The highest BCUT2D eigenvalue weighted by atomic mass is 35.5. The fraction of sp³-hybridized carbons (Fsp3) is 0.647. The van der Waals surface area contributed by atoms with Gasteiger partial charge in [0.05, 0.1) is 18.2 Å². The number of nitrogens with zero attached hydrogens (tertiary/aromatic N) is 3. The maximum Gasteiger partial charge on any atom is 0.301 e. The number of aliphatic hydroxyl groups excluding tert-OH is 1. The molecule has 0 amide bonds. The van der Waals surface area contributed by atoms with Crippen molar-refractivity contribution in [3.8, 4) is 6.01 Å². The Morgan fingerprint density at radius 3 is 2.82 bits per heavy atom. The highest BCUT2D eigenvalue weighted by Crippen LogP contribution is 2.32. The molecule has 0 aromatic carbocycles. The molecule has 2 saturated heterocycles. The molecule has 0 radical (unpaired) electrons. The smallest absolute Gasteiger partial charge is 0.301 e. The van der Waals surface area contributed by atoms with Crippen molar-refractivity contribution in [3.05, 3.63) is 16.2 Å². The van der Waals surface area contributed by atoms with E-state index in [0.29, 0.717) is 35.4 Å². The van der Waals surface area contributed by atoms with Crippen LogP contribution in [0.2, 0.25) is 29.3 Å². The fourth-order valence-electron chi connectivity index (χ4n) is 3.34. The number of hydrogen-bond donors (Lipinski definition) is 1. The van der Waals surface area contributed by atoms with E-state index in [9.17, 15) is 5.11 Å². The first kappa shape index (κ1) is 20.3. The summed E-state index contributed by atoms with van der Waals surface area (Å²) in [5, 5.41) is 10.4. The lowest BCUT2D eigenvalue weighted by molar-refractivity contribution is 0.00337. The van der Waals surface area contributed by atoms with Gasteiger partial charge in [-0.1, -0.05) is 36.3 Å². The van der Waals surface area contributed by atoms with E-state index in [4.69, 9.17) is 42.1 Å². The summed E-state index contributed by atoms with van der Waals surface area (Å²) in [6, 6.07) is 3.07. The lowest BCUT2D eigenvalue weighted by Crippen LogP contribution is -2.35. The van der Waals surface area contributed by atoms with Gasteiger partial charge in [-0.3, -0.25) is 4.57 Å². The molecule has 4 heterocycles. The van der Waals surface area contributed by atoms with Crippen molar-refractivity contribution >= 4 is 43.2 Å². The Kier molecular flexibility index (Phi) is 6.12. The van der Waals surface area contributed by atoms with Crippen LogP contribution in [-0.2, 0) is 20.9 Å². The van der Waals surface area contributed by atoms with E-state index in [1.54, 1.807) is 10.6 Å². The Morgan fingerprint density at radius 2 is 2.04 bits per heavy atom. The second-order valence-corrected chi connectivity index (χ2v) is 11.6. The van der Waals surface area contributed by atoms with Crippen molar-refractivity contribution in [2.75, 3.05) is 19.8 Å². The van der Waals surface area contributed by atoms with Crippen LogP contribution in [-0.4, -0.2) is 72.7 Å². The molecule has 11 heteroatoms. The van der Waals surface area contributed by atoms with Gasteiger partial charge >= 0.3 is 6.01 Å². The maximum absolute atomic E-state index is 9.92. The van der Waals surface area contributed by atoms with Crippen LogP contribution >= 0.6 is 23.2 Å². The van der Waals surface area contributed by atoms with Crippen molar-refractivity contribution in [3.63, 3.8) is 0 Å². The summed E-state index contributed by atoms with van der Waals surface area (Å²) in [7, 11) is -0.694. The number of aromatic nitrogens is 3. The molecule has 2 aliphatic heterocycles. The number of rotatable bonds is 7. The standard InChI is InChI=1S/C17H23Cl2N3O5Si/c1-28(2)4-3-24-8-22-16-10(5-9(18)15(19)21-16)20-17(22)27-12-7-26-13-11(23)6-25-14(12)13/h5,11-14,23,28H,3-4,6-8H2,1-2H3/t11-,12-,13-,14-/m1/s1. The number of pyridine rings is 1. The van der Waals surface area contributed by atoms with Crippen LogP contribution in [0.3, 0.4) is 0 Å². The molecule has 0 aliphatic carbocycles. The molecule has 0 spiro atoms. The van der Waals surface area contributed by atoms with Crippen LogP contribution < -0.4 is 4.74 Å². The summed E-state index contributed by atoms with van der Waals surface area (Å²) in [4.78, 5) is 8.86. The Labute approximate surface area is 174 Å². The minimum absolute atomic E-state index is 0.197. The molecule has 1 N–H and O–H groups in total. The van der Waals surface area contributed by atoms with Gasteiger partial charge in [0.1, 0.15) is 35.7 Å². The number of imidazole rings is 1. The summed E-state index contributed by atoms with van der Waals surface area (Å²) in [5.74, 6) is 0. The fourth-order valence-corrected chi connectivity index (χ4v) is 4.26. The van der Waals surface area contributed by atoms with E-state index >= 15 is 0 Å². The van der Waals surface area contributed by atoms with Gasteiger partial charge in [-0.05, 0) is 12.1 Å². The molecule has 0 saturated carbocycles. The van der Waals surface area contributed by atoms with Crippen LogP contribution in [0.15, 0.2) is 6.07 Å². The van der Waals surface area contributed by atoms with Crippen molar-refractivity contribution in [1.82, 2.24) is 14.5 Å². The Balaban J connectivity index is 1.58. The van der Waals surface area contributed by atoms with E-state index in [1.165, 1.54) is 0 Å². The summed E-state index contributed by atoms with van der Waals surface area (Å²) in [5.41, 5.74) is 1.10. The zero-order chi connectivity index (χ0) is 19.8. The zero-order valence-electron chi connectivity index (χ0n) is 15.7. The van der Waals surface area contributed by atoms with Gasteiger partial charge in [0.25, 0.3) is 0 Å². The van der Waals surface area contributed by atoms with Crippen molar-refractivity contribution < 1.29 is 24.1 Å². The van der Waals surface area contributed by atoms with E-state index < -0.39 is 14.9 Å². The summed E-state index contributed by atoms with van der Waals surface area (Å²) in [6.07, 6.45) is -1.74. The third kappa shape index (κ3) is 4.02. The van der Waals surface area contributed by atoms with Gasteiger partial charge in [0.15, 0.2) is 11.8 Å². The average Bonchev–Trinajstić information content (AvgIpc) is 3.30. The van der Waals surface area contributed by atoms with Gasteiger partial charge in [0.2, 0.25) is 0 Å². The Morgan fingerprint density at radius 1 is 1.25 bits per heavy atom. The van der Waals surface area contributed by atoms with Crippen LogP contribution in [0.4, 0.5) is 0 Å². The number of aliphatic hydroxyl groups is 1. The largest absolute Gasteiger partial charge is 0.456 e. The predicted octanol–water partition coefficient (Wildman–Crippen LogP) is 2.10. The number of ether oxygens (including phenoxy) is 4. The second-order valence-electron chi connectivity index (χ2n) is 7.47. The van der Waals surface area contributed by atoms with Gasteiger partial charge in [-0.15, -0.1) is 0 Å². The number of halogens is 2. The summed E-state index contributed by atoms with van der Waals surface area (Å²) >= 11 is 12.2. The van der Waals surface area contributed by atoms with Crippen molar-refractivity contribution in [1.29, 1.82) is 0 Å². The molecule has 2 aromatic heterocycles. The number of fused-ring (bicyclic) bond motifs is 2. The van der Waals surface area contributed by atoms with Gasteiger partial charge in [-0.2, -0.15) is 4.98 Å². The van der Waals surface area contributed by atoms with Crippen LogP contribution in [0.25, 0.3) is 11.2 Å². The molecule has 0 bridgehead atoms. The lowest BCUT2D eigenvalue weighted by atomic mass is 10.1. The van der Waals surface area contributed by atoms with Crippen LogP contribution in [0, 0.1) is 0 Å². The maximum atomic E-state index is 9.92. The molecule has 4 atom stereocenters. The van der Waals surface area contributed by atoms with Crippen LogP contribution in [0.5, 0.6) is 6.01 Å². The Hall–Kier alpha value is -0.943. The highest BCUT2D eigenvalue weighted by Gasteiger charge is 2.48. The first-order chi connectivity index (χ1) is 13.4. The van der Waals surface area contributed by atoms with E-state index in [2.05, 4.69) is 23.1 Å². The van der Waals surface area contributed by atoms with Crippen molar-refractivity contribution in [2.45, 2.75) is 50.3 Å². The van der Waals surface area contributed by atoms with E-state index in [1.807, 2.05) is 0 Å². The molecule has 154 valence electrons. The molecular weight excluding hydrogens is 425 g/mol. The second kappa shape index (κ2) is 8.43. The van der Waals surface area contributed by atoms with Gasteiger partial charge in [-0.25, -0.2) is 4.98 Å². The van der Waals surface area contributed by atoms with Crippen LogP contribution in [0.1, 0.15) is 0 Å². The topological polar surface area (TPSA) is 87.9 Å². The number of hydrogen-bond acceptors (Lipinski definition) is 7. The normalized spacial score (nSPS) is 27.1. The molecular formula is C17H23Cl2N3O5Si. The van der Waals surface area contributed by atoms with Gasteiger partial charge in [0, 0.05) is 15.4 Å². The molecule has 0 unspecified atom stereocenters. The summed E-state index contributed by atoms with van der Waals surface area (Å²) < 4.78 is 24.9. The highest BCUT2D eigenvalue weighted by molar-refractivity contribution is 6.55. The summed E-state index contributed by atoms with van der Waals surface area (Å²) in [6.45, 7) is 6.01. The van der Waals surface area contributed by atoms with Gasteiger partial charge < -0.3 is 24.1 Å². The predicted molar refractivity (Wildman–Crippen MR) is 107 cm³/mol. The SMILES string of the molecule is C[SiH](C)CCOCn1c(O[C@@H]2CO[C@H]3[C@@H]2OC[C@H]3O)nc2cc(Cl)c(Cl)nc21. The third-order valence-electron chi connectivity index (χ3n) is 4.89. The molecule has 2 aliphatic rings. The lowest BCUT2D eigenvalue weighted by Gasteiger charge is -2.18. The third-order valence-corrected chi connectivity index (χ3v) is 6.96. The first-order valence-electron chi connectivity index (χ1n) is 9.32. The van der Waals surface area contributed by atoms with E-state index in [0.717, 1.165) is 6.04 Å². The molecule has 4 rings (SSSR count). The zero-order valence-corrected chi connectivity index (χ0v) is 18.3. The first-order valence-corrected chi connectivity index (χ1v) is 13.2. The molecule has 28 heavy (non-hydrogen) atoms. The van der Waals surface area contributed by atoms with E-state index in [-0.39, 0.29) is 36.8 Å². The quantitative estimate of drug-likeness (QED) is 0.394. The minimum atomic E-state index is -0.694. The Bertz CT molecular complexity index is 852. The monoisotopic (exact) mass is 447 g/mol. The van der Waals surface area contributed by atoms with Crippen molar-refractivity contribution in [2.24, 2.45) is 0 Å². The molecule has 8 nitrogen and oxygen atoms in total. The molecule has 2 aromatic rings. The average molecular weight is 448 g/mol. The molecule has 2 fully saturated rings.